The van der Waals surface area contributed by atoms with Gasteiger partial charge in [-0.25, -0.2) is 4.79 Å². The van der Waals surface area contributed by atoms with E-state index in [2.05, 4.69) is 10.1 Å². The Morgan fingerprint density at radius 2 is 1.92 bits per heavy atom. The van der Waals surface area contributed by atoms with Crippen molar-refractivity contribution in [2.45, 2.75) is 19.6 Å². The van der Waals surface area contributed by atoms with E-state index >= 15 is 0 Å². The Kier molecular flexibility index (Phi) is 5.49. The molecule has 9 heteroatoms. The summed E-state index contributed by atoms with van der Waals surface area (Å²) in [6.07, 6.45) is -3.69. The van der Waals surface area contributed by atoms with E-state index < -0.39 is 35.7 Å². The quantitative estimate of drug-likeness (QED) is 0.842. The number of benzene rings is 1. The number of rotatable bonds is 4. The highest BCUT2D eigenvalue weighted by atomic mass is 19.4. The summed E-state index contributed by atoms with van der Waals surface area (Å²) < 4.78 is 43.5. The second kappa shape index (κ2) is 7.42. The Morgan fingerprint density at radius 3 is 2.50 bits per heavy atom. The largest absolute Gasteiger partial charge is 0.465 e. The maximum absolute atomic E-state index is 12.7. The second-order valence-corrected chi connectivity index (χ2v) is 5.42. The molecule has 0 saturated carbocycles. The number of methoxy groups -OCH3 is 1. The Bertz CT molecular complexity index is 904. The van der Waals surface area contributed by atoms with Gasteiger partial charge in [0.25, 0.3) is 5.56 Å². The van der Waals surface area contributed by atoms with Gasteiger partial charge >= 0.3 is 12.1 Å². The van der Waals surface area contributed by atoms with Crippen LogP contribution in [-0.2, 0) is 22.3 Å². The van der Waals surface area contributed by atoms with Crippen molar-refractivity contribution in [2.75, 3.05) is 12.4 Å². The van der Waals surface area contributed by atoms with E-state index in [1.165, 1.54) is 25.3 Å². The number of carbonyl (C=O) groups is 2. The van der Waals surface area contributed by atoms with Crippen LogP contribution < -0.4 is 10.9 Å². The molecule has 1 N–H and O–H groups in total. The zero-order valence-corrected chi connectivity index (χ0v) is 13.9. The zero-order valence-electron chi connectivity index (χ0n) is 13.9. The number of carbonyl (C=O) groups excluding carboxylic acids is 2. The number of pyridine rings is 1. The van der Waals surface area contributed by atoms with Crippen molar-refractivity contribution >= 4 is 17.6 Å². The summed E-state index contributed by atoms with van der Waals surface area (Å²) in [4.78, 5) is 35.4. The summed E-state index contributed by atoms with van der Waals surface area (Å²) in [5, 5.41) is 2.50. The molecule has 1 aromatic carbocycles. The average molecular weight is 368 g/mol. The minimum absolute atomic E-state index is 0.289. The van der Waals surface area contributed by atoms with Gasteiger partial charge in [0, 0.05) is 11.9 Å². The molecule has 0 bridgehead atoms. The molecule has 1 amide bonds. The van der Waals surface area contributed by atoms with Crippen molar-refractivity contribution in [3.63, 3.8) is 0 Å². The minimum atomic E-state index is -4.79. The van der Waals surface area contributed by atoms with Crippen LogP contribution in [-0.4, -0.2) is 23.6 Å². The smallest absolute Gasteiger partial charge is 0.421 e. The number of amides is 1. The van der Waals surface area contributed by atoms with Crippen molar-refractivity contribution in [3.8, 4) is 0 Å². The van der Waals surface area contributed by atoms with Gasteiger partial charge in [-0.3, -0.25) is 9.59 Å². The molecule has 0 aliphatic heterocycles. The Labute approximate surface area is 146 Å². The van der Waals surface area contributed by atoms with E-state index in [1.807, 2.05) is 0 Å². The van der Waals surface area contributed by atoms with Gasteiger partial charge in [-0.2, -0.15) is 13.2 Å². The van der Waals surface area contributed by atoms with Gasteiger partial charge < -0.3 is 14.6 Å². The second-order valence-electron chi connectivity index (χ2n) is 5.42. The van der Waals surface area contributed by atoms with Gasteiger partial charge in [0.05, 0.1) is 12.7 Å². The number of alkyl halides is 3. The van der Waals surface area contributed by atoms with Crippen molar-refractivity contribution in [1.29, 1.82) is 0 Å². The fraction of sp³-hybridized carbons (Fsp3) is 0.235. The molecule has 2 aromatic rings. The lowest BCUT2D eigenvalue weighted by Gasteiger charge is -2.12. The van der Waals surface area contributed by atoms with Crippen molar-refractivity contribution in [1.82, 2.24) is 4.57 Å². The number of nitrogens with one attached hydrogen (secondary N) is 1. The van der Waals surface area contributed by atoms with Crippen LogP contribution in [0.1, 0.15) is 21.5 Å². The van der Waals surface area contributed by atoms with Gasteiger partial charge in [-0.1, -0.05) is 0 Å². The van der Waals surface area contributed by atoms with Gasteiger partial charge in [0.2, 0.25) is 5.91 Å². The van der Waals surface area contributed by atoms with Crippen molar-refractivity contribution < 1.29 is 27.5 Å². The third-order valence-corrected chi connectivity index (χ3v) is 3.56. The molecule has 1 aromatic heterocycles. The number of ether oxygens (including phenoxy) is 1. The highest BCUT2D eigenvalue weighted by Gasteiger charge is 2.34. The number of aryl methyl sites for hydroxylation is 1. The van der Waals surface area contributed by atoms with E-state index in [9.17, 15) is 27.6 Å². The fourth-order valence-electron chi connectivity index (χ4n) is 2.27. The molecular weight excluding hydrogens is 353 g/mol. The highest BCUT2D eigenvalue weighted by molar-refractivity contribution is 5.94. The first-order valence-corrected chi connectivity index (χ1v) is 7.39. The number of hydrogen-bond donors (Lipinski definition) is 1. The van der Waals surface area contributed by atoms with Gasteiger partial charge in [0.15, 0.2) is 0 Å². The maximum Gasteiger partial charge on any atom is 0.421 e. The minimum Gasteiger partial charge on any atom is -0.465 e. The average Bonchev–Trinajstić information content (AvgIpc) is 2.56. The summed E-state index contributed by atoms with van der Waals surface area (Å²) >= 11 is 0. The van der Waals surface area contributed by atoms with E-state index in [0.717, 1.165) is 12.3 Å². The number of esters is 1. The predicted molar refractivity (Wildman–Crippen MR) is 86.9 cm³/mol. The third-order valence-electron chi connectivity index (χ3n) is 3.56. The van der Waals surface area contributed by atoms with Crippen LogP contribution in [0, 0.1) is 6.92 Å². The summed E-state index contributed by atoms with van der Waals surface area (Å²) in [6, 6.07) is 6.11. The van der Waals surface area contributed by atoms with Crippen LogP contribution in [0.2, 0.25) is 0 Å². The topological polar surface area (TPSA) is 77.4 Å². The number of aromatic nitrogens is 1. The molecule has 0 aliphatic rings. The van der Waals surface area contributed by atoms with Crippen LogP contribution in [0.15, 0.2) is 41.3 Å². The molecule has 0 fully saturated rings. The highest BCUT2D eigenvalue weighted by Crippen LogP contribution is 2.26. The lowest BCUT2D eigenvalue weighted by atomic mass is 10.1. The van der Waals surface area contributed by atoms with Crippen LogP contribution in [0.25, 0.3) is 0 Å². The van der Waals surface area contributed by atoms with Gasteiger partial charge in [0.1, 0.15) is 12.1 Å². The normalized spacial score (nSPS) is 11.1. The molecule has 138 valence electrons. The lowest BCUT2D eigenvalue weighted by Crippen LogP contribution is -2.32. The number of anilines is 1. The van der Waals surface area contributed by atoms with Crippen LogP contribution in [0.4, 0.5) is 18.9 Å². The maximum atomic E-state index is 12.7. The van der Waals surface area contributed by atoms with E-state index in [-0.39, 0.29) is 5.56 Å². The molecule has 1 heterocycles. The molecule has 26 heavy (non-hydrogen) atoms. The van der Waals surface area contributed by atoms with Gasteiger partial charge in [-0.05, 0) is 42.8 Å². The van der Waals surface area contributed by atoms with Gasteiger partial charge in [-0.15, -0.1) is 0 Å². The molecule has 0 saturated heterocycles. The third kappa shape index (κ3) is 4.29. The molecule has 2 rings (SSSR count). The zero-order chi connectivity index (χ0) is 19.5. The number of nitrogens with zero attached hydrogens (tertiary/aromatic N) is 1. The van der Waals surface area contributed by atoms with E-state index in [1.54, 1.807) is 6.92 Å². The molecule has 0 unspecified atom stereocenters. The molecule has 0 spiro atoms. The summed E-state index contributed by atoms with van der Waals surface area (Å²) in [5.74, 6) is -1.22. The molecule has 0 atom stereocenters. The first-order valence-electron chi connectivity index (χ1n) is 7.39. The Hall–Kier alpha value is -3.10. The first kappa shape index (κ1) is 19.2. The molecule has 0 aliphatic carbocycles. The lowest BCUT2D eigenvalue weighted by molar-refractivity contribution is -0.139. The fourth-order valence-corrected chi connectivity index (χ4v) is 2.27. The molecule has 0 radical (unpaired) electrons. The van der Waals surface area contributed by atoms with E-state index in [0.29, 0.717) is 21.9 Å². The van der Waals surface area contributed by atoms with Crippen LogP contribution >= 0.6 is 0 Å². The van der Waals surface area contributed by atoms with Crippen molar-refractivity contribution in [2.24, 2.45) is 0 Å². The molecular formula is C17H15F3N2O4. The predicted octanol–water partition coefficient (Wildman–Crippen LogP) is 2.60. The SMILES string of the molecule is COC(=O)c1ccc(NC(=O)Cn2cccc(C(F)(F)F)c2=O)c(C)c1. The standard InChI is InChI=1S/C17H15F3N2O4/c1-10-8-11(16(25)26-2)5-6-13(10)21-14(23)9-22-7-3-4-12(15(22)24)17(18,19)20/h3-8H,9H2,1-2H3,(H,21,23). The van der Waals surface area contributed by atoms with Crippen LogP contribution in [0.5, 0.6) is 0 Å². The number of halogens is 3. The Morgan fingerprint density at radius 1 is 1.23 bits per heavy atom. The Balaban J connectivity index is 2.18. The summed E-state index contributed by atoms with van der Waals surface area (Å²) in [7, 11) is 1.24. The number of hydrogen-bond acceptors (Lipinski definition) is 4. The summed E-state index contributed by atoms with van der Waals surface area (Å²) in [5.41, 5.74) is -1.43. The molecule has 6 nitrogen and oxygen atoms in total. The van der Waals surface area contributed by atoms with Crippen molar-refractivity contribution in [3.05, 3.63) is 63.6 Å². The first-order chi connectivity index (χ1) is 12.1. The van der Waals surface area contributed by atoms with E-state index in [4.69, 9.17) is 0 Å². The van der Waals surface area contributed by atoms with Crippen LogP contribution in [0.3, 0.4) is 0 Å². The summed E-state index contributed by atoms with van der Waals surface area (Å²) in [6.45, 7) is 1.06. The monoisotopic (exact) mass is 368 g/mol.